The number of benzene rings is 1. The van der Waals surface area contributed by atoms with Crippen molar-refractivity contribution in [3.8, 4) is 0 Å². The maximum atomic E-state index is 5.60. The van der Waals surface area contributed by atoms with Crippen LogP contribution >= 0.6 is 24.0 Å². The Morgan fingerprint density at radius 2 is 2.07 bits per heavy atom. The molecule has 2 heterocycles. The average molecular weight is 523 g/mol. The van der Waals surface area contributed by atoms with Gasteiger partial charge in [0.25, 0.3) is 0 Å². The first-order valence-corrected chi connectivity index (χ1v) is 10.0. The summed E-state index contributed by atoms with van der Waals surface area (Å²) in [4.78, 5) is 4.70. The minimum absolute atomic E-state index is 0. The topological polar surface area (TPSA) is 76.6 Å². The number of guanidine groups is 1. The molecular weight excluding hydrogens is 493 g/mol. The molecule has 3 rings (SSSR count). The molecule has 7 nitrogen and oxygen atoms in total. The molecule has 0 aliphatic heterocycles. The Hall–Kier alpha value is -2.33. The molecular formula is C22H30IN5O2. The van der Waals surface area contributed by atoms with Crippen LogP contribution in [-0.4, -0.2) is 35.4 Å². The van der Waals surface area contributed by atoms with Gasteiger partial charge in [0, 0.05) is 32.1 Å². The highest BCUT2D eigenvalue weighted by atomic mass is 127. The number of halogens is 1. The summed E-state index contributed by atoms with van der Waals surface area (Å²) in [6.07, 6.45) is 6.32. The van der Waals surface area contributed by atoms with Crippen molar-refractivity contribution in [2.75, 3.05) is 19.7 Å². The highest BCUT2D eigenvalue weighted by molar-refractivity contribution is 14.0. The minimum Gasteiger partial charge on any atom is -0.467 e. The van der Waals surface area contributed by atoms with Crippen LogP contribution in [0, 0.1) is 0 Å². The van der Waals surface area contributed by atoms with E-state index >= 15 is 0 Å². The van der Waals surface area contributed by atoms with Gasteiger partial charge in [-0.3, -0.25) is 4.68 Å². The Morgan fingerprint density at radius 3 is 2.83 bits per heavy atom. The number of rotatable bonds is 11. The van der Waals surface area contributed by atoms with Crippen LogP contribution in [0.3, 0.4) is 0 Å². The van der Waals surface area contributed by atoms with Crippen molar-refractivity contribution < 1.29 is 9.15 Å². The van der Waals surface area contributed by atoms with Gasteiger partial charge in [-0.25, -0.2) is 4.99 Å². The summed E-state index contributed by atoms with van der Waals surface area (Å²) in [5.41, 5.74) is 2.39. The largest absolute Gasteiger partial charge is 0.467 e. The zero-order valence-electron chi connectivity index (χ0n) is 17.3. The molecule has 2 aromatic heterocycles. The number of hydrogen-bond acceptors (Lipinski definition) is 4. The number of aromatic nitrogens is 2. The highest BCUT2D eigenvalue weighted by Crippen LogP contribution is 2.08. The SMILES string of the molecule is CCNC(=NCc1cccc(Cn2cccn2)c1)NCCCOCc1ccco1.I. The van der Waals surface area contributed by atoms with Crippen molar-refractivity contribution in [2.45, 2.75) is 33.0 Å². The molecule has 0 saturated carbocycles. The zero-order chi connectivity index (χ0) is 20.2. The van der Waals surface area contributed by atoms with Gasteiger partial charge in [-0.1, -0.05) is 24.3 Å². The first-order valence-electron chi connectivity index (χ1n) is 10.0. The smallest absolute Gasteiger partial charge is 0.191 e. The quantitative estimate of drug-likeness (QED) is 0.173. The number of hydrogen-bond donors (Lipinski definition) is 2. The molecule has 8 heteroatoms. The predicted molar refractivity (Wildman–Crippen MR) is 129 cm³/mol. The van der Waals surface area contributed by atoms with Crippen LogP contribution in [-0.2, 0) is 24.4 Å². The number of furan rings is 1. The maximum absolute atomic E-state index is 5.60. The van der Waals surface area contributed by atoms with E-state index in [1.54, 1.807) is 12.5 Å². The lowest BCUT2D eigenvalue weighted by Crippen LogP contribution is -2.38. The molecule has 0 spiro atoms. The Bertz CT molecular complexity index is 850. The van der Waals surface area contributed by atoms with E-state index in [-0.39, 0.29) is 24.0 Å². The summed E-state index contributed by atoms with van der Waals surface area (Å²) in [5, 5.41) is 10.9. The zero-order valence-corrected chi connectivity index (χ0v) is 19.6. The Morgan fingerprint density at radius 1 is 1.17 bits per heavy atom. The van der Waals surface area contributed by atoms with Crippen molar-refractivity contribution in [3.05, 3.63) is 78.0 Å². The van der Waals surface area contributed by atoms with Crippen LogP contribution in [0.2, 0.25) is 0 Å². The van der Waals surface area contributed by atoms with Crippen LogP contribution in [0.4, 0.5) is 0 Å². The Labute approximate surface area is 194 Å². The lowest BCUT2D eigenvalue weighted by Gasteiger charge is -2.11. The van der Waals surface area contributed by atoms with E-state index in [9.17, 15) is 0 Å². The van der Waals surface area contributed by atoms with E-state index in [1.807, 2.05) is 29.1 Å². The van der Waals surface area contributed by atoms with Gasteiger partial charge in [0.05, 0.1) is 19.4 Å². The maximum Gasteiger partial charge on any atom is 0.191 e. The van der Waals surface area contributed by atoms with Gasteiger partial charge in [-0.2, -0.15) is 5.10 Å². The molecule has 0 aliphatic rings. The van der Waals surface area contributed by atoms with Crippen LogP contribution in [0.15, 0.2) is 70.5 Å². The van der Waals surface area contributed by atoms with Crippen molar-refractivity contribution in [3.63, 3.8) is 0 Å². The van der Waals surface area contributed by atoms with Crippen LogP contribution in [0.5, 0.6) is 0 Å². The molecule has 0 unspecified atom stereocenters. The van der Waals surface area contributed by atoms with Crippen molar-refractivity contribution in [2.24, 2.45) is 4.99 Å². The predicted octanol–water partition coefficient (Wildman–Crippen LogP) is 3.80. The van der Waals surface area contributed by atoms with Gasteiger partial charge < -0.3 is 19.8 Å². The normalized spacial score (nSPS) is 11.2. The molecule has 0 radical (unpaired) electrons. The molecule has 0 bridgehead atoms. The van der Waals surface area contributed by atoms with E-state index in [0.717, 1.165) is 37.8 Å². The fourth-order valence-corrected chi connectivity index (χ4v) is 2.87. The second-order valence-electron chi connectivity index (χ2n) is 6.63. The molecule has 0 aliphatic carbocycles. The van der Waals surface area contributed by atoms with E-state index in [0.29, 0.717) is 19.8 Å². The molecule has 0 saturated heterocycles. The number of ether oxygens (including phenoxy) is 1. The minimum atomic E-state index is 0. The first-order chi connectivity index (χ1) is 14.3. The monoisotopic (exact) mass is 523 g/mol. The summed E-state index contributed by atoms with van der Waals surface area (Å²) >= 11 is 0. The van der Waals surface area contributed by atoms with Gasteiger partial charge in [-0.05, 0) is 42.7 Å². The summed E-state index contributed by atoms with van der Waals surface area (Å²) in [7, 11) is 0. The third kappa shape index (κ3) is 8.58. The Balaban J connectivity index is 0.00000320. The Kier molecular flexibility index (Phi) is 11.0. The third-order valence-corrected chi connectivity index (χ3v) is 4.24. The van der Waals surface area contributed by atoms with Crippen LogP contribution in [0.1, 0.15) is 30.2 Å². The van der Waals surface area contributed by atoms with Crippen molar-refractivity contribution in [1.29, 1.82) is 0 Å². The molecule has 3 aromatic rings. The number of nitrogens with one attached hydrogen (secondary N) is 2. The molecule has 0 amide bonds. The molecule has 1 aromatic carbocycles. The van der Waals surface area contributed by atoms with E-state index in [2.05, 4.69) is 46.9 Å². The number of nitrogens with zero attached hydrogens (tertiary/aromatic N) is 3. The summed E-state index contributed by atoms with van der Waals surface area (Å²) < 4.78 is 12.8. The molecule has 2 N–H and O–H groups in total. The molecule has 30 heavy (non-hydrogen) atoms. The van der Waals surface area contributed by atoms with Crippen molar-refractivity contribution in [1.82, 2.24) is 20.4 Å². The van der Waals surface area contributed by atoms with Gasteiger partial charge >= 0.3 is 0 Å². The molecule has 0 atom stereocenters. The van der Waals surface area contributed by atoms with Gasteiger partial charge in [0.1, 0.15) is 12.4 Å². The first kappa shape index (κ1) is 23.9. The lowest BCUT2D eigenvalue weighted by atomic mass is 10.1. The van der Waals surface area contributed by atoms with Crippen LogP contribution in [0.25, 0.3) is 0 Å². The third-order valence-electron chi connectivity index (χ3n) is 4.24. The second kappa shape index (κ2) is 13.8. The van der Waals surface area contributed by atoms with Gasteiger partial charge in [0.2, 0.25) is 0 Å². The summed E-state index contributed by atoms with van der Waals surface area (Å²) in [5.74, 6) is 1.67. The van der Waals surface area contributed by atoms with Crippen molar-refractivity contribution >= 4 is 29.9 Å². The lowest BCUT2D eigenvalue weighted by molar-refractivity contribution is 0.105. The average Bonchev–Trinajstić information content (AvgIpc) is 3.43. The molecule has 162 valence electrons. The fraction of sp³-hybridized carbons (Fsp3) is 0.364. The van der Waals surface area contributed by atoms with E-state index in [1.165, 1.54) is 11.1 Å². The summed E-state index contributed by atoms with van der Waals surface area (Å²) in [6, 6.07) is 14.2. The van der Waals surface area contributed by atoms with Gasteiger partial charge in [-0.15, -0.1) is 24.0 Å². The highest BCUT2D eigenvalue weighted by Gasteiger charge is 2.01. The van der Waals surface area contributed by atoms with Crippen LogP contribution < -0.4 is 10.6 Å². The van der Waals surface area contributed by atoms with Gasteiger partial charge in [0.15, 0.2) is 5.96 Å². The molecule has 0 fully saturated rings. The fourth-order valence-electron chi connectivity index (χ4n) is 2.87. The van der Waals surface area contributed by atoms with E-state index < -0.39 is 0 Å². The standard InChI is InChI=1S/C22H29N5O2.HI/c1-2-23-22(24-10-6-13-28-18-21-9-4-14-29-21)25-16-19-7-3-8-20(15-19)17-27-12-5-11-26-27;/h3-5,7-9,11-12,14-15H,2,6,10,13,16-18H2,1H3,(H2,23,24,25);1H. The summed E-state index contributed by atoms with van der Waals surface area (Å²) in [6.45, 7) is 6.24. The number of aliphatic imine (C=N–C) groups is 1. The second-order valence-corrected chi connectivity index (χ2v) is 6.63. The van der Waals surface area contributed by atoms with E-state index in [4.69, 9.17) is 14.1 Å².